The molecule has 1 saturated heterocycles. The smallest absolute Gasteiger partial charge is 0.336 e. The highest BCUT2D eigenvalue weighted by molar-refractivity contribution is 7.90. The summed E-state index contributed by atoms with van der Waals surface area (Å²) < 4.78 is 57.1. The standard InChI is InChI=1S/C25H30F2N6O4S/c1-15(23-25(27,10-16(11-28)13-30-23)18-6-4-2-3-5-7-18)31-21(34)14-33-24(35)32-20-9-19(26)8-17(12-29)22(20)38(33,36)37/h8-9,15-16,18,23,30H,2-7,10,13-14H2,1H3,(H,31,34)(H,32,35)/t15-,16?,23?,25?/m0/s1. The van der Waals surface area contributed by atoms with E-state index in [4.69, 9.17) is 0 Å². The van der Waals surface area contributed by atoms with Crippen molar-refractivity contribution in [1.29, 1.82) is 10.5 Å². The van der Waals surface area contributed by atoms with Crippen LogP contribution in [-0.2, 0) is 14.8 Å². The maximum Gasteiger partial charge on any atom is 0.336 e. The molecule has 0 bridgehead atoms. The molecule has 2 heterocycles. The van der Waals surface area contributed by atoms with Gasteiger partial charge in [-0.15, -0.1) is 0 Å². The zero-order valence-corrected chi connectivity index (χ0v) is 21.8. The highest BCUT2D eigenvalue weighted by Crippen LogP contribution is 2.43. The summed E-state index contributed by atoms with van der Waals surface area (Å²) in [5, 5.41) is 26.7. The van der Waals surface area contributed by atoms with Crippen molar-refractivity contribution in [1.82, 2.24) is 14.9 Å². The minimum Gasteiger partial charge on any atom is -0.350 e. The molecule has 4 rings (SSSR count). The molecular formula is C25H30F2N6O4S. The molecule has 1 aromatic rings. The third kappa shape index (κ3) is 5.18. The summed E-state index contributed by atoms with van der Waals surface area (Å²) in [4.78, 5) is 24.9. The molecule has 13 heteroatoms. The van der Waals surface area contributed by atoms with Crippen molar-refractivity contribution in [2.45, 2.75) is 74.5 Å². The summed E-state index contributed by atoms with van der Waals surface area (Å²) in [5.41, 5.74) is -2.65. The van der Waals surface area contributed by atoms with Gasteiger partial charge in [0.25, 0.3) is 10.0 Å². The van der Waals surface area contributed by atoms with Gasteiger partial charge in [-0.25, -0.2) is 26.3 Å². The van der Waals surface area contributed by atoms with Gasteiger partial charge in [0.05, 0.1) is 29.3 Å². The number of anilines is 1. The molecule has 3 N–H and O–H groups in total. The molecule has 0 radical (unpaired) electrons. The normalized spacial score (nSPS) is 28.1. The molecule has 4 atom stereocenters. The van der Waals surface area contributed by atoms with Gasteiger partial charge in [-0.2, -0.15) is 10.5 Å². The molecule has 3 aliphatic rings. The predicted octanol–water partition coefficient (Wildman–Crippen LogP) is 2.92. The molecule has 1 saturated carbocycles. The number of amides is 3. The molecule has 3 unspecified atom stereocenters. The lowest BCUT2D eigenvalue weighted by atomic mass is 9.69. The van der Waals surface area contributed by atoms with Gasteiger partial charge in [-0.05, 0) is 37.8 Å². The number of nitrogens with one attached hydrogen (secondary N) is 3. The number of urea groups is 1. The van der Waals surface area contributed by atoms with Crippen LogP contribution in [0.15, 0.2) is 17.0 Å². The highest BCUT2D eigenvalue weighted by atomic mass is 32.2. The summed E-state index contributed by atoms with van der Waals surface area (Å²) in [5.74, 6) is -2.55. The number of fused-ring (bicyclic) bond motifs is 1. The Hall–Kier alpha value is -3.29. The van der Waals surface area contributed by atoms with Crippen LogP contribution >= 0.6 is 0 Å². The van der Waals surface area contributed by atoms with Crippen LogP contribution in [0, 0.1) is 40.3 Å². The largest absolute Gasteiger partial charge is 0.350 e. The Morgan fingerprint density at radius 1 is 1.26 bits per heavy atom. The van der Waals surface area contributed by atoms with Crippen LogP contribution in [0.4, 0.5) is 19.3 Å². The maximum absolute atomic E-state index is 16.8. The van der Waals surface area contributed by atoms with Gasteiger partial charge in [-0.1, -0.05) is 25.7 Å². The summed E-state index contributed by atoms with van der Waals surface area (Å²) >= 11 is 0. The maximum atomic E-state index is 16.8. The van der Waals surface area contributed by atoms with Gasteiger partial charge in [-0.3, -0.25) is 4.79 Å². The second kappa shape index (κ2) is 10.8. The van der Waals surface area contributed by atoms with Crippen molar-refractivity contribution < 1.29 is 26.8 Å². The Morgan fingerprint density at radius 2 is 1.95 bits per heavy atom. The van der Waals surface area contributed by atoms with Crippen molar-refractivity contribution in [3.63, 3.8) is 0 Å². The fourth-order valence-electron chi connectivity index (χ4n) is 5.99. The Kier molecular flexibility index (Phi) is 7.90. The van der Waals surface area contributed by atoms with Crippen molar-refractivity contribution in [3.05, 3.63) is 23.5 Å². The fourth-order valence-corrected chi connectivity index (χ4v) is 7.54. The van der Waals surface area contributed by atoms with E-state index in [0.29, 0.717) is 12.8 Å². The van der Waals surface area contributed by atoms with Crippen molar-refractivity contribution >= 4 is 27.6 Å². The third-order valence-corrected chi connectivity index (χ3v) is 9.57. The van der Waals surface area contributed by atoms with Gasteiger partial charge >= 0.3 is 6.03 Å². The van der Waals surface area contributed by atoms with Gasteiger partial charge < -0.3 is 16.0 Å². The first-order valence-electron chi connectivity index (χ1n) is 12.7. The zero-order valence-electron chi connectivity index (χ0n) is 21.0. The second-order valence-corrected chi connectivity index (χ2v) is 12.1. The first-order valence-corrected chi connectivity index (χ1v) is 14.1. The molecule has 1 aromatic carbocycles. The molecule has 3 amide bonds. The molecule has 2 fully saturated rings. The van der Waals surface area contributed by atoms with Crippen LogP contribution in [0.25, 0.3) is 0 Å². The van der Waals surface area contributed by atoms with Crippen molar-refractivity contribution in [3.8, 4) is 12.1 Å². The second-order valence-electron chi connectivity index (χ2n) is 10.3. The first kappa shape index (κ1) is 27.7. The van der Waals surface area contributed by atoms with E-state index < -0.39 is 68.5 Å². The number of nitriles is 2. The topological polar surface area (TPSA) is 155 Å². The predicted molar refractivity (Wildman–Crippen MR) is 132 cm³/mol. The van der Waals surface area contributed by atoms with Gasteiger partial charge in [0, 0.05) is 19.0 Å². The zero-order chi connectivity index (χ0) is 27.7. The number of carbonyl (C=O) groups is 2. The van der Waals surface area contributed by atoms with Gasteiger partial charge in [0.1, 0.15) is 29.0 Å². The molecule has 10 nitrogen and oxygen atoms in total. The quantitative estimate of drug-likeness (QED) is 0.478. The molecule has 1 aliphatic carbocycles. The number of sulfonamides is 1. The van der Waals surface area contributed by atoms with Crippen LogP contribution in [0.3, 0.4) is 0 Å². The van der Waals surface area contributed by atoms with E-state index in [2.05, 4.69) is 22.0 Å². The van der Waals surface area contributed by atoms with E-state index in [0.717, 1.165) is 37.8 Å². The van der Waals surface area contributed by atoms with Crippen LogP contribution in [0.2, 0.25) is 0 Å². The Bertz CT molecular complexity index is 1300. The van der Waals surface area contributed by atoms with Crippen LogP contribution in [0.5, 0.6) is 0 Å². The van der Waals surface area contributed by atoms with E-state index >= 15 is 4.39 Å². The number of carbonyl (C=O) groups excluding carboxylic acids is 2. The number of alkyl halides is 1. The van der Waals surface area contributed by atoms with E-state index in [1.807, 2.05) is 0 Å². The number of hydrogen-bond donors (Lipinski definition) is 3. The lowest BCUT2D eigenvalue weighted by molar-refractivity contribution is -0.122. The number of halogens is 2. The summed E-state index contributed by atoms with van der Waals surface area (Å²) in [6, 6.07) is 2.47. The molecule has 204 valence electrons. The molecule has 0 spiro atoms. The Morgan fingerprint density at radius 3 is 2.58 bits per heavy atom. The number of hydrogen-bond acceptors (Lipinski definition) is 7. The van der Waals surface area contributed by atoms with Gasteiger partial charge in [0.15, 0.2) is 0 Å². The molecule has 2 aliphatic heterocycles. The van der Waals surface area contributed by atoms with E-state index in [1.165, 1.54) is 0 Å². The summed E-state index contributed by atoms with van der Waals surface area (Å²) in [6.07, 6.45) is 5.22. The fraction of sp³-hybridized carbons (Fsp3) is 0.600. The molecular weight excluding hydrogens is 518 g/mol. The molecule has 0 aromatic heterocycles. The lowest BCUT2D eigenvalue weighted by Gasteiger charge is -2.47. The van der Waals surface area contributed by atoms with E-state index in [-0.39, 0.29) is 28.9 Å². The van der Waals surface area contributed by atoms with Crippen molar-refractivity contribution in [2.24, 2.45) is 11.8 Å². The first-order chi connectivity index (χ1) is 18.0. The van der Waals surface area contributed by atoms with Crippen molar-refractivity contribution in [2.75, 3.05) is 18.4 Å². The minimum absolute atomic E-state index is 0.0409. The average molecular weight is 549 g/mol. The number of piperidine rings is 1. The van der Waals surface area contributed by atoms with E-state index in [1.54, 1.807) is 13.0 Å². The van der Waals surface area contributed by atoms with Crippen LogP contribution in [-0.4, -0.2) is 55.5 Å². The average Bonchev–Trinajstić information content (AvgIpc) is 3.16. The number of benzene rings is 1. The summed E-state index contributed by atoms with van der Waals surface area (Å²) in [6.45, 7) is 0.938. The number of rotatable bonds is 5. The lowest BCUT2D eigenvalue weighted by Crippen LogP contribution is -2.66. The molecule has 38 heavy (non-hydrogen) atoms. The number of nitrogens with zero attached hydrogens (tertiary/aromatic N) is 3. The van der Waals surface area contributed by atoms with Crippen LogP contribution in [0.1, 0.15) is 57.4 Å². The minimum atomic E-state index is -4.66. The SMILES string of the molecule is C[C@H](NC(=O)CN1C(=O)Nc2cc(F)cc(C#N)c2S1(=O)=O)C1NCC(C#N)CC1(F)C1CCCCCC1. The highest BCUT2D eigenvalue weighted by Gasteiger charge is 2.52. The third-order valence-electron chi connectivity index (χ3n) is 7.74. The monoisotopic (exact) mass is 548 g/mol. The van der Waals surface area contributed by atoms with E-state index in [9.17, 15) is 32.9 Å². The van der Waals surface area contributed by atoms with Crippen LogP contribution < -0.4 is 16.0 Å². The van der Waals surface area contributed by atoms with Gasteiger partial charge in [0.2, 0.25) is 5.91 Å². The summed E-state index contributed by atoms with van der Waals surface area (Å²) in [7, 11) is -4.66. The Balaban J connectivity index is 1.53. The Labute approximate surface area is 220 Å².